The number of fused-ring (bicyclic) bond motifs is 1. The number of hydrogen-bond donors (Lipinski definition) is 0. The van der Waals surface area contributed by atoms with Crippen LogP contribution in [0.2, 0.25) is 0 Å². The maximum atomic E-state index is 11.7. The van der Waals surface area contributed by atoms with Gasteiger partial charge in [0.1, 0.15) is 5.82 Å². The molecule has 0 aromatic carbocycles. The van der Waals surface area contributed by atoms with E-state index in [1.54, 1.807) is 6.92 Å². The highest BCUT2D eigenvalue weighted by Gasteiger charge is 2.27. The van der Waals surface area contributed by atoms with Gasteiger partial charge in [-0.15, -0.1) is 0 Å². The summed E-state index contributed by atoms with van der Waals surface area (Å²) in [5.41, 5.74) is 2.53. The highest BCUT2D eigenvalue weighted by atomic mass is 16.2. The lowest BCUT2D eigenvalue weighted by Gasteiger charge is -2.33. The molecule has 0 spiro atoms. The van der Waals surface area contributed by atoms with Gasteiger partial charge in [0, 0.05) is 69.4 Å². The second kappa shape index (κ2) is 7.87. The molecule has 1 aromatic rings. The summed E-state index contributed by atoms with van der Waals surface area (Å²) in [5, 5.41) is 0. The fraction of sp³-hybridized carbons (Fsp3) is 0.667. The van der Waals surface area contributed by atoms with Crippen LogP contribution in [0.3, 0.4) is 0 Å². The monoisotopic (exact) mass is 354 g/mol. The van der Waals surface area contributed by atoms with Gasteiger partial charge in [0.05, 0.1) is 0 Å². The SMILES string of the molecule is CC(=O)N1CCCC(c2ncc3c(n2)CCN(CC2CC=CCC2)C3)C1. The van der Waals surface area contributed by atoms with E-state index < -0.39 is 0 Å². The van der Waals surface area contributed by atoms with Crippen molar-refractivity contribution in [3.8, 4) is 0 Å². The zero-order valence-corrected chi connectivity index (χ0v) is 15.9. The van der Waals surface area contributed by atoms with Crippen LogP contribution in [-0.2, 0) is 17.8 Å². The van der Waals surface area contributed by atoms with E-state index in [9.17, 15) is 4.79 Å². The van der Waals surface area contributed by atoms with Crippen LogP contribution in [0.4, 0.5) is 0 Å². The Morgan fingerprint density at radius 2 is 2.19 bits per heavy atom. The molecule has 1 aliphatic carbocycles. The number of carbonyl (C=O) groups excluding carboxylic acids is 1. The van der Waals surface area contributed by atoms with Crippen molar-refractivity contribution in [1.82, 2.24) is 19.8 Å². The quantitative estimate of drug-likeness (QED) is 0.783. The lowest BCUT2D eigenvalue weighted by atomic mass is 9.93. The van der Waals surface area contributed by atoms with E-state index in [0.29, 0.717) is 5.92 Å². The maximum absolute atomic E-state index is 11.7. The first-order chi connectivity index (χ1) is 12.7. The molecule has 0 radical (unpaired) electrons. The molecule has 140 valence electrons. The van der Waals surface area contributed by atoms with Crippen molar-refractivity contribution in [3.63, 3.8) is 0 Å². The van der Waals surface area contributed by atoms with Gasteiger partial charge >= 0.3 is 0 Å². The summed E-state index contributed by atoms with van der Waals surface area (Å²) in [6.45, 7) is 6.60. The Balaban J connectivity index is 1.40. The van der Waals surface area contributed by atoms with Crippen LogP contribution in [0, 0.1) is 5.92 Å². The van der Waals surface area contributed by atoms with Crippen molar-refractivity contribution in [2.75, 3.05) is 26.2 Å². The summed E-state index contributed by atoms with van der Waals surface area (Å²) >= 11 is 0. The Kier molecular flexibility index (Phi) is 5.34. The summed E-state index contributed by atoms with van der Waals surface area (Å²) in [5.74, 6) is 2.22. The molecule has 1 saturated heterocycles. The van der Waals surface area contributed by atoms with Gasteiger partial charge < -0.3 is 4.90 Å². The topological polar surface area (TPSA) is 49.3 Å². The molecule has 3 heterocycles. The van der Waals surface area contributed by atoms with Crippen molar-refractivity contribution in [3.05, 3.63) is 35.4 Å². The third-order valence-corrected chi connectivity index (χ3v) is 6.16. The Morgan fingerprint density at radius 3 is 3.00 bits per heavy atom. The van der Waals surface area contributed by atoms with Gasteiger partial charge in [0.25, 0.3) is 0 Å². The number of amides is 1. The zero-order chi connectivity index (χ0) is 17.9. The number of piperidine rings is 1. The number of nitrogens with zero attached hydrogens (tertiary/aromatic N) is 4. The fourth-order valence-electron chi connectivity index (χ4n) is 4.60. The first kappa shape index (κ1) is 17.7. The van der Waals surface area contributed by atoms with E-state index in [1.165, 1.54) is 37.1 Å². The summed E-state index contributed by atoms with van der Waals surface area (Å²) in [7, 11) is 0. The van der Waals surface area contributed by atoms with Crippen molar-refractivity contribution >= 4 is 5.91 Å². The van der Waals surface area contributed by atoms with Gasteiger partial charge in [0.2, 0.25) is 5.91 Å². The van der Waals surface area contributed by atoms with Gasteiger partial charge in [-0.3, -0.25) is 9.69 Å². The highest BCUT2D eigenvalue weighted by molar-refractivity contribution is 5.73. The van der Waals surface area contributed by atoms with Crippen LogP contribution in [-0.4, -0.2) is 51.9 Å². The minimum absolute atomic E-state index is 0.167. The molecule has 0 saturated carbocycles. The maximum Gasteiger partial charge on any atom is 0.219 e. The molecule has 0 bridgehead atoms. The van der Waals surface area contributed by atoms with Crippen LogP contribution >= 0.6 is 0 Å². The predicted octanol–water partition coefficient (Wildman–Crippen LogP) is 2.92. The van der Waals surface area contributed by atoms with Gasteiger partial charge in [-0.05, 0) is 38.0 Å². The van der Waals surface area contributed by atoms with Gasteiger partial charge in [-0.25, -0.2) is 9.97 Å². The second-order valence-electron chi connectivity index (χ2n) is 8.14. The van der Waals surface area contributed by atoms with E-state index in [2.05, 4.69) is 23.2 Å². The molecule has 4 rings (SSSR count). The van der Waals surface area contributed by atoms with E-state index in [1.807, 2.05) is 4.90 Å². The number of carbonyl (C=O) groups is 1. The van der Waals surface area contributed by atoms with Crippen LogP contribution in [0.25, 0.3) is 0 Å². The van der Waals surface area contributed by atoms with Crippen molar-refractivity contribution in [2.24, 2.45) is 5.92 Å². The largest absolute Gasteiger partial charge is 0.342 e. The zero-order valence-electron chi connectivity index (χ0n) is 15.9. The van der Waals surface area contributed by atoms with Crippen LogP contribution in [0.1, 0.15) is 62.0 Å². The van der Waals surface area contributed by atoms with Crippen molar-refractivity contribution in [2.45, 2.75) is 57.9 Å². The normalized spacial score (nSPS) is 26.6. The van der Waals surface area contributed by atoms with Crippen LogP contribution in [0.15, 0.2) is 18.3 Å². The standard InChI is InChI=1S/C21H30N4O/c1-16(26)25-10-5-8-18(15-25)21-22-12-19-14-24(11-9-20(19)23-21)13-17-6-3-2-4-7-17/h2-3,12,17-18H,4-11,13-15H2,1H3. The second-order valence-corrected chi connectivity index (χ2v) is 8.14. The molecular formula is C21H30N4O. The van der Waals surface area contributed by atoms with Crippen LogP contribution < -0.4 is 0 Å². The van der Waals surface area contributed by atoms with E-state index in [-0.39, 0.29) is 5.91 Å². The summed E-state index contributed by atoms with van der Waals surface area (Å²) in [6, 6.07) is 0. The number of allylic oxidation sites excluding steroid dienone is 2. The molecule has 2 atom stereocenters. The molecule has 2 unspecified atom stereocenters. The molecule has 3 aliphatic rings. The minimum atomic E-state index is 0.167. The van der Waals surface area contributed by atoms with E-state index in [4.69, 9.17) is 9.97 Å². The number of rotatable bonds is 3. The molecule has 1 aromatic heterocycles. The molecule has 2 aliphatic heterocycles. The lowest BCUT2D eigenvalue weighted by Crippen LogP contribution is -2.38. The van der Waals surface area contributed by atoms with E-state index >= 15 is 0 Å². The Morgan fingerprint density at radius 1 is 1.27 bits per heavy atom. The summed E-state index contributed by atoms with van der Waals surface area (Å²) in [4.78, 5) is 25.8. The molecule has 5 nitrogen and oxygen atoms in total. The Labute approximate surface area is 156 Å². The summed E-state index contributed by atoms with van der Waals surface area (Å²) < 4.78 is 0. The van der Waals surface area contributed by atoms with Gasteiger partial charge in [0.15, 0.2) is 0 Å². The average Bonchev–Trinajstić information content (AvgIpc) is 2.68. The highest BCUT2D eigenvalue weighted by Crippen LogP contribution is 2.27. The van der Waals surface area contributed by atoms with Gasteiger partial charge in [-0.1, -0.05) is 12.2 Å². The van der Waals surface area contributed by atoms with Crippen molar-refractivity contribution in [1.29, 1.82) is 0 Å². The lowest BCUT2D eigenvalue weighted by molar-refractivity contribution is -0.130. The minimum Gasteiger partial charge on any atom is -0.342 e. The Hall–Kier alpha value is -1.75. The molecule has 0 N–H and O–H groups in total. The molecule has 1 amide bonds. The number of aromatic nitrogens is 2. The average molecular weight is 354 g/mol. The van der Waals surface area contributed by atoms with E-state index in [0.717, 1.165) is 57.2 Å². The summed E-state index contributed by atoms with van der Waals surface area (Å²) in [6.07, 6.45) is 13.7. The first-order valence-electron chi connectivity index (χ1n) is 10.2. The molecular weight excluding hydrogens is 324 g/mol. The smallest absolute Gasteiger partial charge is 0.219 e. The van der Waals surface area contributed by atoms with Gasteiger partial charge in [-0.2, -0.15) is 0 Å². The van der Waals surface area contributed by atoms with Crippen molar-refractivity contribution < 1.29 is 4.79 Å². The first-order valence-corrected chi connectivity index (χ1v) is 10.2. The fourth-order valence-corrected chi connectivity index (χ4v) is 4.60. The predicted molar refractivity (Wildman–Crippen MR) is 102 cm³/mol. The third-order valence-electron chi connectivity index (χ3n) is 6.16. The molecule has 26 heavy (non-hydrogen) atoms. The number of likely N-dealkylation sites (tertiary alicyclic amines) is 1. The number of hydrogen-bond acceptors (Lipinski definition) is 4. The van der Waals surface area contributed by atoms with Crippen LogP contribution in [0.5, 0.6) is 0 Å². The third kappa shape index (κ3) is 3.98. The Bertz CT molecular complexity index is 687. The molecule has 5 heteroatoms. The molecule has 1 fully saturated rings.